The predicted octanol–water partition coefficient (Wildman–Crippen LogP) is 3.67. The Morgan fingerprint density at radius 2 is 2.00 bits per heavy atom. The van der Waals surface area contributed by atoms with Gasteiger partial charge in [0.1, 0.15) is 5.01 Å². The van der Waals surface area contributed by atoms with Crippen molar-refractivity contribution in [2.45, 2.75) is 27.3 Å². The van der Waals surface area contributed by atoms with Crippen molar-refractivity contribution in [2.75, 3.05) is 13.1 Å². The molecule has 0 aliphatic rings. The molecule has 2 aromatic rings. The minimum Gasteiger partial charge on any atom is -0.332 e. The van der Waals surface area contributed by atoms with E-state index in [9.17, 15) is 4.79 Å². The minimum atomic E-state index is -0.0366. The summed E-state index contributed by atoms with van der Waals surface area (Å²) in [6, 6.07) is 8.17. The summed E-state index contributed by atoms with van der Waals surface area (Å²) in [6.07, 6.45) is 0. The molecule has 1 N–H and O–H groups in total. The van der Waals surface area contributed by atoms with E-state index in [1.165, 1.54) is 5.56 Å². The average molecular weight is 303 g/mol. The topological polar surface area (TPSA) is 45.2 Å². The Morgan fingerprint density at radius 3 is 2.67 bits per heavy atom. The van der Waals surface area contributed by atoms with Crippen LogP contribution < -0.4 is 5.32 Å². The number of carbonyl (C=O) groups excluding carboxylic acids is 1. The van der Waals surface area contributed by atoms with Gasteiger partial charge in [0.15, 0.2) is 0 Å². The number of aromatic nitrogens is 1. The highest BCUT2D eigenvalue weighted by molar-refractivity contribution is 7.13. The van der Waals surface area contributed by atoms with Crippen LogP contribution in [0.4, 0.5) is 4.79 Å². The standard InChI is InChI=1S/C16H21N3OS/c1-4-19(5-2)16(20)17-10-13-11-21-15(18-13)14-9-7-6-8-12(14)3/h6-9,11H,4-5,10H2,1-3H3,(H,17,20). The van der Waals surface area contributed by atoms with Crippen molar-refractivity contribution in [1.82, 2.24) is 15.2 Å². The second-order valence-electron chi connectivity index (χ2n) is 4.79. The molecule has 21 heavy (non-hydrogen) atoms. The Kier molecular flexibility index (Phi) is 5.33. The first-order chi connectivity index (χ1) is 10.2. The van der Waals surface area contributed by atoms with E-state index in [2.05, 4.69) is 29.4 Å². The molecule has 0 saturated carbocycles. The zero-order valence-corrected chi connectivity index (χ0v) is 13.5. The lowest BCUT2D eigenvalue weighted by atomic mass is 10.1. The van der Waals surface area contributed by atoms with Gasteiger partial charge >= 0.3 is 6.03 Å². The molecule has 0 radical (unpaired) electrons. The van der Waals surface area contributed by atoms with E-state index in [-0.39, 0.29) is 6.03 Å². The van der Waals surface area contributed by atoms with Crippen LogP contribution in [0.15, 0.2) is 29.6 Å². The van der Waals surface area contributed by atoms with Crippen molar-refractivity contribution < 1.29 is 4.79 Å². The van der Waals surface area contributed by atoms with Gasteiger partial charge in [-0.05, 0) is 26.3 Å². The second kappa shape index (κ2) is 7.22. The molecule has 5 heteroatoms. The lowest BCUT2D eigenvalue weighted by Crippen LogP contribution is -2.39. The fourth-order valence-corrected chi connectivity index (χ4v) is 3.02. The molecule has 0 aliphatic carbocycles. The number of nitrogens with one attached hydrogen (secondary N) is 1. The van der Waals surface area contributed by atoms with Crippen LogP contribution in [0.5, 0.6) is 0 Å². The number of urea groups is 1. The number of nitrogens with zero attached hydrogens (tertiary/aromatic N) is 2. The molecule has 1 aromatic carbocycles. The van der Waals surface area contributed by atoms with Gasteiger partial charge in [0, 0.05) is 24.0 Å². The monoisotopic (exact) mass is 303 g/mol. The number of rotatable bonds is 5. The van der Waals surface area contributed by atoms with Crippen LogP contribution in [-0.4, -0.2) is 29.0 Å². The summed E-state index contributed by atoms with van der Waals surface area (Å²) in [5, 5.41) is 5.92. The third-order valence-electron chi connectivity index (χ3n) is 3.40. The normalized spacial score (nSPS) is 10.4. The van der Waals surface area contributed by atoms with Gasteiger partial charge in [0.2, 0.25) is 0 Å². The third-order valence-corrected chi connectivity index (χ3v) is 4.32. The zero-order valence-electron chi connectivity index (χ0n) is 12.7. The number of hydrogen-bond donors (Lipinski definition) is 1. The maximum atomic E-state index is 11.9. The molecule has 0 saturated heterocycles. The van der Waals surface area contributed by atoms with Crippen molar-refractivity contribution in [3.05, 3.63) is 40.9 Å². The molecule has 0 fully saturated rings. The number of aryl methyl sites for hydroxylation is 1. The molecule has 1 heterocycles. The molecule has 0 spiro atoms. The lowest BCUT2D eigenvalue weighted by molar-refractivity contribution is 0.202. The summed E-state index contributed by atoms with van der Waals surface area (Å²) in [5.41, 5.74) is 3.27. The van der Waals surface area contributed by atoms with Crippen LogP contribution in [0, 0.1) is 6.92 Å². The van der Waals surface area contributed by atoms with E-state index in [4.69, 9.17) is 0 Å². The molecular weight excluding hydrogens is 282 g/mol. The predicted molar refractivity (Wildman–Crippen MR) is 87.4 cm³/mol. The summed E-state index contributed by atoms with van der Waals surface area (Å²) in [6.45, 7) is 7.93. The lowest BCUT2D eigenvalue weighted by Gasteiger charge is -2.18. The summed E-state index contributed by atoms with van der Waals surface area (Å²) >= 11 is 1.61. The molecule has 2 rings (SSSR count). The van der Waals surface area contributed by atoms with Crippen LogP contribution >= 0.6 is 11.3 Å². The fourth-order valence-electron chi connectivity index (χ4n) is 2.11. The number of carbonyl (C=O) groups is 1. The van der Waals surface area contributed by atoms with Crippen molar-refractivity contribution in [3.63, 3.8) is 0 Å². The van der Waals surface area contributed by atoms with Crippen LogP contribution in [-0.2, 0) is 6.54 Å². The molecule has 4 nitrogen and oxygen atoms in total. The number of amides is 2. The molecule has 0 atom stereocenters. The van der Waals surface area contributed by atoms with Crippen LogP contribution in [0.3, 0.4) is 0 Å². The van der Waals surface area contributed by atoms with Gasteiger partial charge in [0.05, 0.1) is 12.2 Å². The average Bonchev–Trinajstić information content (AvgIpc) is 2.95. The highest BCUT2D eigenvalue weighted by atomic mass is 32.1. The van der Waals surface area contributed by atoms with E-state index < -0.39 is 0 Å². The summed E-state index contributed by atoms with van der Waals surface area (Å²) in [5.74, 6) is 0. The number of thiazole rings is 1. The van der Waals surface area contributed by atoms with Crippen LogP contribution in [0.25, 0.3) is 10.6 Å². The van der Waals surface area contributed by atoms with Gasteiger partial charge in [-0.25, -0.2) is 9.78 Å². The second-order valence-corrected chi connectivity index (χ2v) is 5.65. The first kappa shape index (κ1) is 15.5. The summed E-state index contributed by atoms with van der Waals surface area (Å²) in [7, 11) is 0. The van der Waals surface area contributed by atoms with Crippen molar-refractivity contribution >= 4 is 17.4 Å². The third kappa shape index (κ3) is 3.82. The molecule has 0 aliphatic heterocycles. The maximum absolute atomic E-state index is 11.9. The molecule has 1 aromatic heterocycles. The van der Waals surface area contributed by atoms with E-state index in [1.807, 2.05) is 31.4 Å². The first-order valence-corrected chi connectivity index (χ1v) is 8.06. The smallest absolute Gasteiger partial charge is 0.317 e. The highest BCUT2D eigenvalue weighted by Gasteiger charge is 2.11. The largest absolute Gasteiger partial charge is 0.332 e. The Morgan fingerprint density at radius 1 is 1.29 bits per heavy atom. The maximum Gasteiger partial charge on any atom is 0.317 e. The van der Waals surface area contributed by atoms with Crippen molar-refractivity contribution in [2.24, 2.45) is 0 Å². The zero-order chi connectivity index (χ0) is 15.2. The van der Waals surface area contributed by atoms with E-state index in [1.54, 1.807) is 16.2 Å². The Labute approximate surface area is 129 Å². The van der Waals surface area contributed by atoms with Gasteiger partial charge in [-0.2, -0.15) is 0 Å². The van der Waals surface area contributed by atoms with Crippen LogP contribution in [0.1, 0.15) is 25.1 Å². The Balaban J connectivity index is 2.01. The van der Waals surface area contributed by atoms with E-state index in [0.717, 1.165) is 16.3 Å². The highest BCUT2D eigenvalue weighted by Crippen LogP contribution is 2.26. The quantitative estimate of drug-likeness (QED) is 0.916. The van der Waals surface area contributed by atoms with Crippen LogP contribution in [0.2, 0.25) is 0 Å². The molecular formula is C16H21N3OS. The van der Waals surface area contributed by atoms with E-state index in [0.29, 0.717) is 19.6 Å². The molecule has 0 bridgehead atoms. The molecule has 2 amide bonds. The van der Waals surface area contributed by atoms with Gasteiger partial charge in [0.25, 0.3) is 0 Å². The number of benzene rings is 1. The summed E-state index contributed by atoms with van der Waals surface area (Å²) in [4.78, 5) is 18.3. The van der Waals surface area contributed by atoms with Crippen molar-refractivity contribution in [1.29, 1.82) is 0 Å². The van der Waals surface area contributed by atoms with Gasteiger partial charge in [-0.1, -0.05) is 24.3 Å². The van der Waals surface area contributed by atoms with Gasteiger partial charge in [-0.15, -0.1) is 11.3 Å². The van der Waals surface area contributed by atoms with Crippen molar-refractivity contribution in [3.8, 4) is 10.6 Å². The Bertz CT molecular complexity index is 605. The summed E-state index contributed by atoms with van der Waals surface area (Å²) < 4.78 is 0. The van der Waals surface area contributed by atoms with E-state index >= 15 is 0 Å². The van der Waals surface area contributed by atoms with Gasteiger partial charge < -0.3 is 10.2 Å². The minimum absolute atomic E-state index is 0.0366. The first-order valence-electron chi connectivity index (χ1n) is 7.18. The SMILES string of the molecule is CCN(CC)C(=O)NCc1csc(-c2ccccc2C)n1. The number of hydrogen-bond acceptors (Lipinski definition) is 3. The molecule has 0 unspecified atom stereocenters. The Hall–Kier alpha value is -1.88. The van der Waals surface area contributed by atoms with Gasteiger partial charge in [-0.3, -0.25) is 0 Å². The molecule has 112 valence electrons. The fraction of sp³-hybridized carbons (Fsp3) is 0.375.